The first kappa shape index (κ1) is 18.7. The van der Waals surface area contributed by atoms with Gasteiger partial charge < -0.3 is 24.1 Å². The Bertz CT molecular complexity index is 518. The summed E-state index contributed by atoms with van der Waals surface area (Å²) in [6.07, 6.45) is -0.324. The topological polar surface area (TPSA) is 82.1 Å². The van der Waals surface area contributed by atoms with Crippen LogP contribution in [0, 0.1) is 17.3 Å². The number of alkyl halides is 2. The van der Waals surface area contributed by atoms with E-state index in [0.29, 0.717) is 45.3 Å². The van der Waals surface area contributed by atoms with E-state index in [-0.39, 0.29) is 11.8 Å². The van der Waals surface area contributed by atoms with Gasteiger partial charge in [0.1, 0.15) is 19.5 Å². The van der Waals surface area contributed by atoms with E-state index in [1.807, 2.05) is 0 Å². The van der Waals surface area contributed by atoms with Gasteiger partial charge in [-0.1, -0.05) is 0 Å². The van der Waals surface area contributed by atoms with Crippen LogP contribution in [0.1, 0.15) is 45.4 Å². The number of halogens is 2. The molecular formula is C17H24F2O6. The first-order valence-corrected chi connectivity index (χ1v) is 8.64. The third-order valence-corrected chi connectivity index (χ3v) is 5.52. The Balaban J connectivity index is 1.67. The lowest BCUT2D eigenvalue weighted by molar-refractivity contribution is -0.269. The van der Waals surface area contributed by atoms with Crippen molar-refractivity contribution >= 4 is 12.3 Å². The number of carbonyl (C=O) groups excluding carboxylic acids is 2. The van der Waals surface area contributed by atoms with Gasteiger partial charge in [0.15, 0.2) is 0 Å². The number of rotatable bonds is 8. The monoisotopic (exact) mass is 362 g/mol. The molecule has 8 heteroatoms. The van der Waals surface area contributed by atoms with Crippen LogP contribution < -0.4 is 0 Å². The van der Waals surface area contributed by atoms with Gasteiger partial charge in [-0.05, 0) is 50.4 Å². The van der Waals surface area contributed by atoms with E-state index in [0.717, 1.165) is 6.42 Å². The van der Waals surface area contributed by atoms with Gasteiger partial charge in [-0.2, -0.15) is 8.78 Å². The van der Waals surface area contributed by atoms with Gasteiger partial charge >= 0.3 is 12.1 Å². The van der Waals surface area contributed by atoms with Crippen molar-refractivity contribution in [3.05, 3.63) is 0 Å². The Morgan fingerprint density at radius 2 is 1.96 bits per heavy atom. The maximum atomic E-state index is 12.9. The second-order valence-electron chi connectivity index (χ2n) is 7.92. The zero-order valence-electron chi connectivity index (χ0n) is 14.2. The standard InChI is InChI=1S/C17H24F2O6/c1-15(18,19)24-9-13(23-3-2-20)25-14(21)16-5-11-4-12(6-16)8-17(22,7-11)10-16/h2,11-13,22H,3-10H2,1H3. The van der Waals surface area contributed by atoms with E-state index < -0.39 is 42.6 Å². The number of esters is 1. The molecule has 4 aliphatic rings. The van der Waals surface area contributed by atoms with Crippen molar-refractivity contribution in [2.24, 2.45) is 17.3 Å². The van der Waals surface area contributed by atoms with Gasteiger partial charge in [0.25, 0.3) is 0 Å². The fourth-order valence-electron chi connectivity index (χ4n) is 5.17. The van der Waals surface area contributed by atoms with Gasteiger partial charge in [0.2, 0.25) is 6.29 Å². The van der Waals surface area contributed by atoms with Crippen molar-refractivity contribution in [1.29, 1.82) is 0 Å². The van der Waals surface area contributed by atoms with Crippen LogP contribution in [-0.4, -0.2) is 48.6 Å². The predicted octanol–water partition coefficient (Wildman–Crippen LogP) is 2.03. The maximum absolute atomic E-state index is 12.9. The quantitative estimate of drug-likeness (QED) is 0.404. The zero-order chi connectivity index (χ0) is 18.3. The summed E-state index contributed by atoms with van der Waals surface area (Å²) in [6, 6.07) is 0. The van der Waals surface area contributed by atoms with E-state index in [4.69, 9.17) is 9.47 Å². The molecule has 0 aliphatic heterocycles. The average Bonchev–Trinajstić information content (AvgIpc) is 2.46. The Hall–Kier alpha value is -1.12. The normalized spacial score (nSPS) is 37.8. The van der Waals surface area contributed by atoms with Crippen molar-refractivity contribution in [2.45, 2.75) is 63.4 Å². The highest BCUT2D eigenvalue weighted by atomic mass is 19.3. The minimum absolute atomic E-state index is 0.282. The molecule has 4 fully saturated rings. The molecule has 1 N–H and O–H groups in total. The molecule has 0 heterocycles. The van der Waals surface area contributed by atoms with Crippen molar-refractivity contribution in [3.8, 4) is 0 Å². The first-order chi connectivity index (χ1) is 11.6. The Morgan fingerprint density at radius 3 is 2.48 bits per heavy atom. The second kappa shape index (κ2) is 6.55. The minimum Gasteiger partial charge on any atom is -0.433 e. The summed E-state index contributed by atoms with van der Waals surface area (Å²) < 4.78 is 40.4. The summed E-state index contributed by atoms with van der Waals surface area (Å²) in [6.45, 7) is -0.491. The molecule has 0 aromatic heterocycles. The lowest BCUT2D eigenvalue weighted by Gasteiger charge is -2.58. The molecule has 142 valence electrons. The highest BCUT2D eigenvalue weighted by molar-refractivity contribution is 5.78. The lowest BCUT2D eigenvalue weighted by Crippen LogP contribution is -2.59. The minimum atomic E-state index is -3.40. The summed E-state index contributed by atoms with van der Waals surface area (Å²) in [5.74, 6) is 0.00711. The van der Waals surface area contributed by atoms with E-state index in [9.17, 15) is 23.5 Å². The summed E-state index contributed by atoms with van der Waals surface area (Å²) in [5, 5.41) is 10.7. The molecule has 4 saturated carbocycles. The van der Waals surface area contributed by atoms with Crippen LogP contribution in [-0.2, 0) is 23.8 Å². The lowest BCUT2D eigenvalue weighted by atomic mass is 9.48. The van der Waals surface area contributed by atoms with Crippen LogP contribution in [0.5, 0.6) is 0 Å². The summed E-state index contributed by atoms with van der Waals surface area (Å²) in [4.78, 5) is 23.3. The van der Waals surface area contributed by atoms with Crippen LogP contribution in [0.25, 0.3) is 0 Å². The number of carbonyl (C=O) groups is 2. The largest absolute Gasteiger partial charge is 0.433 e. The highest BCUT2D eigenvalue weighted by Gasteiger charge is 2.61. The molecule has 3 atom stereocenters. The number of aldehydes is 1. The van der Waals surface area contributed by atoms with Gasteiger partial charge in [0, 0.05) is 6.92 Å². The maximum Gasteiger partial charge on any atom is 0.353 e. The molecule has 4 rings (SSSR count). The Morgan fingerprint density at radius 1 is 1.32 bits per heavy atom. The number of ether oxygens (including phenoxy) is 3. The fourth-order valence-corrected chi connectivity index (χ4v) is 5.17. The smallest absolute Gasteiger partial charge is 0.353 e. The van der Waals surface area contributed by atoms with E-state index in [2.05, 4.69) is 4.74 Å². The van der Waals surface area contributed by atoms with Crippen molar-refractivity contribution in [3.63, 3.8) is 0 Å². The predicted molar refractivity (Wildman–Crippen MR) is 80.5 cm³/mol. The van der Waals surface area contributed by atoms with Crippen LogP contribution in [0.3, 0.4) is 0 Å². The van der Waals surface area contributed by atoms with Gasteiger partial charge in [-0.3, -0.25) is 4.79 Å². The summed E-state index contributed by atoms with van der Waals surface area (Å²) in [7, 11) is 0. The van der Waals surface area contributed by atoms with Crippen LogP contribution in [0.15, 0.2) is 0 Å². The fraction of sp³-hybridized carbons (Fsp3) is 0.882. The van der Waals surface area contributed by atoms with Crippen LogP contribution in [0.2, 0.25) is 0 Å². The van der Waals surface area contributed by atoms with Gasteiger partial charge in [-0.25, -0.2) is 0 Å². The van der Waals surface area contributed by atoms with E-state index in [1.54, 1.807) is 0 Å². The number of aliphatic hydroxyl groups is 1. The Kier molecular flexibility index (Phi) is 4.89. The molecule has 0 spiro atoms. The third-order valence-electron chi connectivity index (χ3n) is 5.52. The average molecular weight is 362 g/mol. The van der Waals surface area contributed by atoms with Crippen molar-refractivity contribution in [1.82, 2.24) is 0 Å². The van der Waals surface area contributed by atoms with E-state index >= 15 is 0 Å². The molecule has 0 radical (unpaired) electrons. The molecule has 0 saturated heterocycles. The Labute approximate surface area is 144 Å². The highest BCUT2D eigenvalue weighted by Crippen LogP contribution is 2.62. The first-order valence-electron chi connectivity index (χ1n) is 8.64. The van der Waals surface area contributed by atoms with E-state index in [1.165, 1.54) is 0 Å². The van der Waals surface area contributed by atoms with Crippen LogP contribution in [0.4, 0.5) is 8.78 Å². The molecule has 0 amide bonds. The number of hydrogen-bond donors (Lipinski definition) is 1. The zero-order valence-corrected chi connectivity index (χ0v) is 14.2. The molecule has 4 aliphatic carbocycles. The van der Waals surface area contributed by atoms with Crippen molar-refractivity contribution < 1.29 is 37.7 Å². The number of hydrogen-bond acceptors (Lipinski definition) is 6. The molecule has 4 bridgehead atoms. The molecule has 0 aromatic rings. The molecular weight excluding hydrogens is 338 g/mol. The molecule has 3 unspecified atom stereocenters. The summed E-state index contributed by atoms with van der Waals surface area (Å²) in [5.41, 5.74) is -1.63. The molecule has 25 heavy (non-hydrogen) atoms. The third kappa shape index (κ3) is 4.17. The molecule has 0 aromatic carbocycles. The van der Waals surface area contributed by atoms with Gasteiger partial charge in [0.05, 0.1) is 11.0 Å². The summed E-state index contributed by atoms with van der Waals surface area (Å²) >= 11 is 0. The van der Waals surface area contributed by atoms with Crippen LogP contribution >= 0.6 is 0 Å². The second-order valence-corrected chi connectivity index (χ2v) is 7.92. The molecule has 6 nitrogen and oxygen atoms in total. The van der Waals surface area contributed by atoms with Gasteiger partial charge in [-0.15, -0.1) is 0 Å². The van der Waals surface area contributed by atoms with Crippen molar-refractivity contribution in [2.75, 3.05) is 13.2 Å². The SMILES string of the molecule is CC(F)(F)OCC(OCC=O)OC(=O)C12CC3CC(CC(O)(C3)C1)C2.